The van der Waals surface area contributed by atoms with Crippen LogP contribution >= 0.6 is 0 Å². The molecule has 0 fully saturated rings. The summed E-state index contributed by atoms with van der Waals surface area (Å²) in [7, 11) is 1.92. The summed E-state index contributed by atoms with van der Waals surface area (Å²) < 4.78 is 0. The van der Waals surface area contributed by atoms with Crippen molar-refractivity contribution < 1.29 is 5.21 Å². The van der Waals surface area contributed by atoms with Gasteiger partial charge in [0.25, 0.3) is 0 Å². The standard InChI is InChI=1S/C13H15N5O/c1-9-7-12(16-8-15-9)18(2)11-5-3-10(4-6-11)13(14)17-19/h3-8,19H,1-2H3,(H2,14,17). The van der Waals surface area contributed by atoms with Crippen molar-refractivity contribution in [2.45, 2.75) is 6.92 Å². The van der Waals surface area contributed by atoms with Gasteiger partial charge >= 0.3 is 0 Å². The largest absolute Gasteiger partial charge is 0.409 e. The van der Waals surface area contributed by atoms with Crippen molar-refractivity contribution in [1.82, 2.24) is 9.97 Å². The van der Waals surface area contributed by atoms with Gasteiger partial charge in [0.1, 0.15) is 12.1 Å². The molecule has 0 saturated carbocycles. The number of aromatic nitrogens is 2. The molecule has 0 saturated heterocycles. The highest BCUT2D eigenvalue weighted by Gasteiger charge is 2.06. The molecular formula is C13H15N5O. The highest BCUT2D eigenvalue weighted by atomic mass is 16.4. The topological polar surface area (TPSA) is 87.6 Å². The van der Waals surface area contributed by atoms with Gasteiger partial charge in [-0.3, -0.25) is 0 Å². The molecule has 0 unspecified atom stereocenters. The summed E-state index contributed by atoms with van der Waals surface area (Å²) in [5, 5.41) is 11.6. The summed E-state index contributed by atoms with van der Waals surface area (Å²) in [5.41, 5.74) is 8.04. The van der Waals surface area contributed by atoms with Crippen LogP contribution in [0.2, 0.25) is 0 Å². The van der Waals surface area contributed by atoms with Crippen molar-refractivity contribution >= 4 is 17.3 Å². The second kappa shape index (κ2) is 5.34. The van der Waals surface area contributed by atoms with Crippen LogP contribution in [0.25, 0.3) is 0 Å². The average molecular weight is 257 g/mol. The van der Waals surface area contributed by atoms with Gasteiger partial charge < -0.3 is 15.8 Å². The lowest BCUT2D eigenvalue weighted by atomic mass is 10.2. The Bertz CT molecular complexity index is 594. The van der Waals surface area contributed by atoms with Gasteiger partial charge in [0.15, 0.2) is 5.84 Å². The minimum absolute atomic E-state index is 0.0899. The van der Waals surface area contributed by atoms with E-state index >= 15 is 0 Å². The summed E-state index contributed by atoms with van der Waals surface area (Å²) >= 11 is 0. The maximum absolute atomic E-state index is 8.61. The number of hydrogen-bond donors (Lipinski definition) is 2. The highest BCUT2D eigenvalue weighted by molar-refractivity contribution is 5.97. The fourth-order valence-electron chi connectivity index (χ4n) is 1.67. The molecule has 0 aliphatic rings. The second-order valence-electron chi connectivity index (χ2n) is 4.11. The van der Waals surface area contributed by atoms with Crippen LogP contribution in [0.5, 0.6) is 0 Å². The molecule has 1 aromatic heterocycles. The van der Waals surface area contributed by atoms with Gasteiger partial charge in [0.05, 0.1) is 0 Å². The molecule has 6 nitrogen and oxygen atoms in total. The number of benzene rings is 1. The van der Waals surface area contributed by atoms with Crippen molar-refractivity contribution in [3.05, 3.63) is 47.9 Å². The zero-order valence-electron chi connectivity index (χ0n) is 10.8. The first-order valence-electron chi connectivity index (χ1n) is 5.72. The molecule has 19 heavy (non-hydrogen) atoms. The number of hydrogen-bond acceptors (Lipinski definition) is 5. The summed E-state index contributed by atoms with van der Waals surface area (Å²) in [6, 6.07) is 9.23. The Balaban J connectivity index is 2.27. The predicted octanol–water partition coefficient (Wildman–Crippen LogP) is 1.65. The van der Waals surface area contributed by atoms with E-state index in [4.69, 9.17) is 10.9 Å². The number of nitrogens with two attached hydrogens (primary N) is 1. The lowest BCUT2D eigenvalue weighted by Gasteiger charge is -2.18. The van der Waals surface area contributed by atoms with Crippen LogP contribution in [0.4, 0.5) is 11.5 Å². The van der Waals surface area contributed by atoms with Gasteiger partial charge in [-0.1, -0.05) is 5.16 Å². The molecule has 0 aliphatic carbocycles. The van der Waals surface area contributed by atoms with Gasteiger partial charge in [-0.15, -0.1) is 0 Å². The van der Waals surface area contributed by atoms with Crippen LogP contribution in [0, 0.1) is 6.92 Å². The molecule has 3 N–H and O–H groups in total. The number of anilines is 2. The van der Waals surface area contributed by atoms with Gasteiger partial charge in [-0.25, -0.2) is 9.97 Å². The molecule has 0 radical (unpaired) electrons. The lowest BCUT2D eigenvalue weighted by Crippen LogP contribution is -2.14. The molecule has 0 aliphatic heterocycles. The molecule has 6 heteroatoms. The van der Waals surface area contributed by atoms with Crippen molar-refractivity contribution in [3.63, 3.8) is 0 Å². The van der Waals surface area contributed by atoms with Crippen LogP contribution in [0.3, 0.4) is 0 Å². The van der Waals surface area contributed by atoms with Crippen molar-refractivity contribution in [2.75, 3.05) is 11.9 Å². The SMILES string of the molecule is Cc1cc(N(C)c2ccc(C(N)=NO)cc2)ncn1. The fourth-order valence-corrected chi connectivity index (χ4v) is 1.67. The van der Waals surface area contributed by atoms with Crippen molar-refractivity contribution in [2.24, 2.45) is 10.9 Å². The smallest absolute Gasteiger partial charge is 0.170 e. The minimum Gasteiger partial charge on any atom is -0.409 e. The third-order valence-corrected chi connectivity index (χ3v) is 2.79. The molecule has 2 rings (SSSR count). The van der Waals surface area contributed by atoms with E-state index in [1.165, 1.54) is 6.33 Å². The number of nitrogens with zero attached hydrogens (tertiary/aromatic N) is 4. The van der Waals surface area contributed by atoms with Crippen molar-refractivity contribution in [1.29, 1.82) is 0 Å². The van der Waals surface area contributed by atoms with E-state index in [0.29, 0.717) is 5.56 Å². The van der Waals surface area contributed by atoms with E-state index in [9.17, 15) is 0 Å². The molecule has 1 aromatic carbocycles. The van der Waals surface area contributed by atoms with Gasteiger partial charge in [0, 0.05) is 30.1 Å². The lowest BCUT2D eigenvalue weighted by molar-refractivity contribution is 0.318. The second-order valence-corrected chi connectivity index (χ2v) is 4.11. The molecule has 0 amide bonds. The number of oxime groups is 1. The van der Waals surface area contributed by atoms with Crippen LogP contribution in [0.1, 0.15) is 11.3 Å². The van der Waals surface area contributed by atoms with Crippen molar-refractivity contribution in [3.8, 4) is 0 Å². The third-order valence-electron chi connectivity index (χ3n) is 2.79. The Hall–Kier alpha value is -2.63. The summed E-state index contributed by atoms with van der Waals surface area (Å²) in [6.07, 6.45) is 1.53. The van der Waals surface area contributed by atoms with E-state index < -0.39 is 0 Å². The van der Waals surface area contributed by atoms with E-state index in [2.05, 4.69) is 15.1 Å². The van der Waals surface area contributed by atoms with Gasteiger partial charge in [-0.05, 0) is 31.2 Å². The van der Waals surface area contributed by atoms with Gasteiger partial charge in [-0.2, -0.15) is 0 Å². The first-order valence-corrected chi connectivity index (χ1v) is 5.72. The van der Waals surface area contributed by atoms with E-state index in [1.807, 2.05) is 37.1 Å². The highest BCUT2D eigenvalue weighted by Crippen LogP contribution is 2.21. The maximum atomic E-state index is 8.61. The molecule has 1 heterocycles. The Labute approximate surface area is 111 Å². The fraction of sp³-hybridized carbons (Fsp3) is 0.154. The van der Waals surface area contributed by atoms with Crippen LogP contribution in [-0.2, 0) is 0 Å². The number of amidine groups is 1. The van der Waals surface area contributed by atoms with E-state index in [-0.39, 0.29) is 5.84 Å². The summed E-state index contributed by atoms with van der Waals surface area (Å²) in [5.74, 6) is 0.899. The molecule has 2 aromatic rings. The predicted molar refractivity (Wildman–Crippen MR) is 73.8 cm³/mol. The molecular weight excluding hydrogens is 242 g/mol. The number of aryl methyl sites for hydroxylation is 1. The number of rotatable bonds is 3. The third kappa shape index (κ3) is 2.79. The molecule has 98 valence electrons. The molecule has 0 atom stereocenters. The van der Waals surface area contributed by atoms with Crippen LogP contribution in [-0.4, -0.2) is 28.1 Å². The average Bonchev–Trinajstić information content (AvgIpc) is 2.46. The zero-order chi connectivity index (χ0) is 13.8. The Morgan fingerprint density at radius 2 is 1.95 bits per heavy atom. The normalized spacial score (nSPS) is 11.4. The molecule has 0 spiro atoms. The van der Waals surface area contributed by atoms with E-state index in [1.54, 1.807) is 12.1 Å². The summed E-state index contributed by atoms with van der Waals surface area (Å²) in [6.45, 7) is 1.92. The Morgan fingerprint density at radius 3 is 2.53 bits per heavy atom. The monoisotopic (exact) mass is 257 g/mol. The van der Waals surface area contributed by atoms with Crippen LogP contribution in [0.15, 0.2) is 41.8 Å². The van der Waals surface area contributed by atoms with Gasteiger partial charge in [0.2, 0.25) is 0 Å². The van der Waals surface area contributed by atoms with Crippen LogP contribution < -0.4 is 10.6 Å². The first kappa shape index (κ1) is 12.8. The quantitative estimate of drug-likeness (QED) is 0.378. The Morgan fingerprint density at radius 1 is 1.26 bits per heavy atom. The minimum atomic E-state index is 0.0899. The maximum Gasteiger partial charge on any atom is 0.170 e. The molecule has 0 bridgehead atoms. The zero-order valence-corrected chi connectivity index (χ0v) is 10.8. The summed E-state index contributed by atoms with van der Waals surface area (Å²) in [4.78, 5) is 10.2. The first-order chi connectivity index (χ1) is 9.11. The Kier molecular flexibility index (Phi) is 3.61. The van der Waals surface area contributed by atoms with E-state index in [0.717, 1.165) is 17.2 Å².